The molecule has 0 radical (unpaired) electrons. The second kappa shape index (κ2) is 6.52. The van der Waals surface area contributed by atoms with Gasteiger partial charge in [0.2, 0.25) is 0 Å². The van der Waals surface area contributed by atoms with Gasteiger partial charge in [-0.15, -0.1) is 4.36 Å². The van der Waals surface area contributed by atoms with E-state index in [0.29, 0.717) is 6.54 Å². The van der Waals surface area contributed by atoms with Crippen LogP contribution in [0.3, 0.4) is 0 Å². The van der Waals surface area contributed by atoms with E-state index in [0.717, 1.165) is 44.2 Å². The van der Waals surface area contributed by atoms with E-state index < -0.39 is 26.9 Å². The highest BCUT2D eigenvalue weighted by Crippen LogP contribution is 2.39. The van der Waals surface area contributed by atoms with Gasteiger partial charge < -0.3 is 10.1 Å². The summed E-state index contributed by atoms with van der Waals surface area (Å²) in [7, 11) is -3.44. The topological polar surface area (TPSA) is 109 Å². The van der Waals surface area contributed by atoms with E-state index in [1.807, 2.05) is 6.92 Å². The Kier molecular flexibility index (Phi) is 4.27. The highest BCUT2D eigenvalue weighted by molar-refractivity contribution is 7.93. The molecule has 0 spiro atoms. The van der Waals surface area contributed by atoms with Crippen LogP contribution >= 0.6 is 0 Å². The molecule has 5 rings (SSSR count). The first kappa shape index (κ1) is 19.0. The Morgan fingerprint density at radius 2 is 1.97 bits per heavy atom. The molecule has 1 aromatic carbocycles. The maximum absolute atomic E-state index is 13.4. The summed E-state index contributed by atoms with van der Waals surface area (Å²) in [5, 5.41) is 15.1. The van der Waals surface area contributed by atoms with Gasteiger partial charge in [-0.05, 0) is 74.6 Å². The smallest absolute Gasteiger partial charge is 0.350 e. The normalized spacial score (nSPS) is 31.3. The van der Waals surface area contributed by atoms with Crippen molar-refractivity contribution < 1.29 is 13.7 Å². The van der Waals surface area contributed by atoms with Crippen molar-refractivity contribution in [1.82, 2.24) is 5.01 Å². The van der Waals surface area contributed by atoms with E-state index in [2.05, 4.69) is 20.8 Å². The maximum Gasteiger partial charge on any atom is 0.354 e. The Morgan fingerprint density at radius 3 is 2.62 bits per heavy atom. The lowest BCUT2D eigenvalue weighted by atomic mass is 9.99. The highest BCUT2D eigenvalue weighted by Gasteiger charge is 2.53. The van der Waals surface area contributed by atoms with Crippen molar-refractivity contribution in [2.24, 2.45) is 14.6 Å². The quantitative estimate of drug-likeness (QED) is 0.770. The molecule has 2 aliphatic heterocycles. The fourth-order valence-corrected chi connectivity index (χ4v) is 6.18. The maximum atomic E-state index is 13.4. The summed E-state index contributed by atoms with van der Waals surface area (Å²) in [6, 6.07) is 1.64. The minimum Gasteiger partial charge on any atom is -0.350 e. The van der Waals surface area contributed by atoms with Gasteiger partial charge in [0.05, 0.1) is 12.6 Å². The van der Waals surface area contributed by atoms with Gasteiger partial charge in [0.15, 0.2) is 6.23 Å². The monoisotopic (exact) mass is 417 g/mol. The van der Waals surface area contributed by atoms with Crippen molar-refractivity contribution in [1.29, 1.82) is 0 Å². The Bertz CT molecular complexity index is 1010. The molecule has 2 amide bonds. The van der Waals surface area contributed by atoms with Crippen LogP contribution in [0.2, 0.25) is 0 Å². The molecular formula is C20H27N5O3S. The Hall–Kier alpha value is -1.97. The summed E-state index contributed by atoms with van der Waals surface area (Å²) in [4.78, 5) is 12.8. The summed E-state index contributed by atoms with van der Waals surface area (Å²) in [5.41, 5.74) is 5.90. The number of nitrogens with zero attached hydrogens (tertiary/aromatic N) is 3. The number of hydrogen-bond donors (Lipinski definition) is 2. The second-order valence-corrected chi connectivity index (χ2v) is 10.9. The summed E-state index contributed by atoms with van der Waals surface area (Å²) >= 11 is 0. The summed E-state index contributed by atoms with van der Waals surface area (Å²) < 4.78 is 22.0. The number of carbonyl (C=O) groups excluding carboxylic acids is 1. The van der Waals surface area contributed by atoms with E-state index in [-0.39, 0.29) is 6.10 Å². The minimum absolute atomic E-state index is 0.0460. The first-order chi connectivity index (χ1) is 13.8. The van der Waals surface area contributed by atoms with E-state index in [4.69, 9.17) is 9.88 Å². The van der Waals surface area contributed by atoms with Crippen molar-refractivity contribution in [3.63, 3.8) is 0 Å². The van der Waals surface area contributed by atoms with Gasteiger partial charge in [0.1, 0.15) is 14.7 Å². The third-order valence-electron chi connectivity index (χ3n) is 6.58. The number of nitrogens with one attached hydrogen (secondary N) is 1. The van der Waals surface area contributed by atoms with Gasteiger partial charge in [0, 0.05) is 11.9 Å². The number of amides is 2. The average molecular weight is 418 g/mol. The van der Waals surface area contributed by atoms with Crippen LogP contribution < -0.4 is 10.5 Å². The van der Waals surface area contributed by atoms with E-state index >= 15 is 0 Å². The number of aryl methyl sites for hydroxylation is 2. The van der Waals surface area contributed by atoms with Crippen LogP contribution in [0, 0.1) is 0 Å². The fraction of sp³-hybridized carbons (Fsp3) is 0.600. The molecule has 8 nitrogen and oxygen atoms in total. The number of hydrogen-bond acceptors (Lipinski definition) is 5. The van der Waals surface area contributed by atoms with Gasteiger partial charge in [0.25, 0.3) is 0 Å². The van der Waals surface area contributed by atoms with Crippen LogP contribution in [0.5, 0.6) is 0 Å². The van der Waals surface area contributed by atoms with Gasteiger partial charge in [-0.3, -0.25) is 5.01 Å². The molecule has 1 fully saturated rings. The van der Waals surface area contributed by atoms with Gasteiger partial charge >= 0.3 is 6.03 Å². The molecule has 9 heteroatoms. The lowest BCUT2D eigenvalue weighted by Gasteiger charge is -2.29. The van der Waals surface area contributed by atoms with Crippen LogP contribution in [0.25, 0.3) is 0 Å². The third kappa shape index (κ3) is 2.90. The lowest BCUT2D eigenvalue weighted by molar-refractivity contribution is 0.00699. The Morgan fingerprint density at radius 1 is 1.31 bits per heavy atom. The molecule has 2 aliphatic carbocycles. The first-order valence-electron chi connectivity index (χ1n) is 10.3. The van der Waals surface area contributed by atoms with Crippen LogP contribution in [0.15, 0.2) is 15.5 Å². The molecule has 4 atom stereocenters. The molecule has 1 saturated heterocycles. The number of benzene rings is 1. The molecule has 2 unspecified atom stereocenters. The predicted octanol–water partition coefficient (Wildman–Crippen LogP) is 2.34. The zero-order chi connectivity index (χ0) is 20.4. The molecular weight excluding hydrogens is 390 g/mol. The molecule has 0 bridgehead atoms. The van der Waals surface area contributed by atoms with Crippen molar-refractivity contribution >= 4 is 27.8 Å². The number of nitrogens with two attached hydrogens (primary N) is 1. The minimum atomic E-state index is -3.44. The van der Waals surface area contributed by atoms with Crippen molar-refractivity contribution in [3.05, 3.63) is 28.3 Å². The lowest BCUT2D eigenvalue weighted by Crippen LogP contribution is -2.52. The standard InChI is InChI=1S/C20H27N5O3S/c1-12-10-25-18(28-12)20(2,11-22-25)29(21,27)24-19(26)23-17-15-7-3-5-13(15)9-14-6-4-8-16(14)17/h9,11-12,18H,3-8,10H2,1-2H3,(H3,21,23,24,26,27)/t12-,18?,20?,29+/m1/s1. The zero-order valence-electron chi connectivity index (χ0n) is 16.8. The number of urea groups is 1. The van der Waals surface area contributed by atoms with E-state index in [1.54, 1.807) is 11.9 Å². The Balaban J connectivity index is 1.46. The average Bonchev–Trinajstić information content (AvgIpc) is 3.40. The van der Waals surface area contributed by atoms with Crippen LogP contribution in [-0.2, 0) is 40.3 Å². The third-order valence-corrected chi connectivity index (χ3v) is 8.59. The van der Waals surface area contributed by atoms with E-state index in [9.17, 15) is 9.00 Å². The molecule has 3 N–H and O–H groups in total. The van der Waals surface area contributed by atoms with Gasteiger partial charge in [-0.25, -0.2) is 14.1 Å². The molecule has 1 aromatic rings. The molecule has 2 heterocycles. The van der Waals surface area contributed by atoms with E-state index in [1.165, 1.54) is 28.5 Å². The van der Waals surface area contributed by atoms with Crippen molar-refractivity contribution in [2.75, 3.05) is 11.9 Å². The molecule has 0 aromatic heterocycles. The summed E-state index contributed by atoms with van der Waals surface area (Å²) in [6.45, 7) is 4.21. The molecule has 0 saturated carbocycles. The number of anilines is 1. The van der Waals surface area contributed by atoms with Crippen LogP contribution in [-0.4, -0.2) is 45.1 Å². The molecule has 29 heavy (non-hydrogen) atoms. The zero-order valence-corrected chi connectivity index (χ0v) is 17.6. The van der Waals surface area contributed by atoms with Crippen LogP contribution in [0.4, 0.5) is 10.5 Å². The molecule has 4 aliphatic rings. The number of ether oxygens (including phenoxy) is 1. The molecule has 156 valence electrons. The second-order valence-electron chi connectivity index (χ2n) is 8.67. The van der Waals surface area contributed by atoms with Crippen molar-refractivity contribution in [3.8, 4) is 0 Å². The van der Waals surface area contributed by atoms with Crippen molar-refractivity contribution in [2.45, 2.75) is 69.5 Å². The predicted molar refractivity (Wildman–Crippen MR) is 112 cm³/mol. The Labute approximate surface area is 171 Å². The summed E-state index contributed by atoms with van der Waals surface area (Å²) in [6.07, 6.45) is 7.05. The fourth-order valence-electron chi connectivity index (χ4n) is 5.02. The van der Waals surface area contributed by atoms with Crippen LogP contribution in [0.1, 0.15) is 48.9 Å². The number of carbonyl (C=O) groups is 1. The summed E-state index contributed by atoms with van der Waals surface area (Å²) in [5.74, 6) is 0. The highest BCUT2D eigenvalue weighted by atomic mass is 32.2. The number of fused-ring (bicyclic) bond motifs is 3. The van der Waals surface area contributed by atoms with Gasteiger partial charge in [-0.1, -0.05) is 6.07 Å². The first-order valence-corrected chi connectivity index (χ1v) is 11.9. The SMILES string of the molecule is C[C@@H]1CN2N=CC(C)([S@@](N)(=O)=NC(=O)Nc3c4c(cc5c3CCC5)CCC4)C2O1. The number of hydrazone groups is 1. The largest absolute Gasteiger partial charge is 0.354 e. The number of rotatable bonds is 2. The van der Waals surface area contributed by atoms with Gasteiger partial charge in [-0.2, -0.15) is 5.10 Å².